The number of alkyl halides is 3. The summed E-state index contributed by atoms with van der Waals surface area (Å²) in [6, 6.07) is 7.52. The van der Waals surface area contributed by atoms with Gasteiger partial charge in [-0.1, -0.05) is 18.0 Å². The van der Waals surface area contributed by atoms with Gasteiger partial charge in [0.25, 0.3) is 0 Å². The molecule has 1 aromatic heterocycles. The molecule has 2 N–H and O–H groups in total. The van der Waals surface area contributed by atoms with E-state index in [1.165, 1.54) is 6.42 Å². The molecule has 0 unspecified atom stereocenters. The second kappa shape index (κ2) is 8.75. The van der Waals surface area contributed by atoms with Crippen molar-refractivity contribution in [1.82, 2.24) is 14.9 Å². The Morgan fingerprint density at radius 2 is 1.74 bits per heavy atom. The highest BCUT2D eigenvalue weighted by atomic mass is 35.5. The van der Waals surface area contributed by atoms with Crippen molar-refractivity contribution in [3.63, 3.8) is 0 Å². The summed E-state index contributed by atoms with van der Waals surface area (Å²) in [5, 5.41) is 6.32. The van der Waals surface area contributed by atoms with Gasteiger partial charge in [0.1, 0.15) is 5.82 Å². The average molecular weight is 400 g/mol. The zero-order valence-corrected chi connectivity index (χ0v) is 15.4. The first-order valence-corrected chi connectivity index (χ1v) is 9.23. The lowest BCUT2D eigenvalue weighted by Gasteiger charge is -2.26. The van der Waals surface area contributed by atoms with Crippen molar-refractivity contribution < 1.29 is 13.2 Å². The number of nitrogens with one attached hydrogen (secondary N) is 2. The molecular weight excluding hydrogens is 379 g/mol. The molecule has 0 spiro atoms. The second-order valence-corrected chi connectivity index (χ2v) is 6.86. The monoisotopic (exact) mass is 399 g/mol. The SMILES string of the molecule is FC(F)(F)c1cc(Nc2ccc(Cl)cc2)nc(NCCN2CCCCC2)n1. The van der Waals surface area contributed by atoms with E-state index in [9.17, 15) is 13.2 Å². The smallest absolute Gasteiger partial charge is 0.353 e. The number of piperidine rings is 1. The highest BCUT2D eigenvalue weighted by Crippen LogP contribution is 2.30. The van der Waals surface area contributed by atoms with Gasteiger partial charge in [-0.25, -0.2) is 4.98 Å². The highest BCUT2D eigenvalue weighted by Gasteiger charge is 2.33. The molecule has 0 aliphatic carbocycles. The van der Waals surface area contributed by atoms with Crippen LogP contribution in [0.3, 0.4) is 0 Å². The summed E-state index contributed by atoms with van der Waals surface area (Å²) in [7, 11) is 0. The van der Waals surface area contributed by atoms with Crippen molar-refractivity contribution >= 4 is 29.1 Å². The van der Waals surface area contributed by atoms with Crippen molar-refractivity contribution in [3.8, 4) is 0 Å². The quantitative estimate of drug-likeness (QED) is 0.731. The molecule has 1 aromatic carbocycles. The fraction of sp³-hybridized carbons (Fsp3) is 0.444. The molecule has 1 saturated heterocycles. The van der Waals surface area contributed by atoms with Crippen LogP contribution >= 0.6 is 11.6 Å². The average Bonchev–Trinajstić information content (AvgIpc) is 2.64. The Hall–Kier alpha value is -2.06. The standard InChI is InChI=1S/C18H21ClF3N5/c19-13-4-6-14(7-5-13)24-16-12-15(18(20,21)22)25-17(26-16)23-8-11-27-9-2-1-3-10-27/h4-7,12H,1-3,8-11H2,(H2,23,24,25,26). The van der Waals surface area contributed by atoms with Crippen molar-refractivity contribution in [2.45, 2.75) is 25.4 Å². The molecule has 3 rings (SSSR count). The van der Waals surface area contributed by atoms with E-state index in [0.717, 1.165) is 38.5 Å². The molecular formula is C18H21ClF3N5. The maximum absolute atomic E-state index is 13.2. The van der Waals surface area contributed by atoms with Crippen molar-refractivity contribution in [2.24, 2.45) is 0 Å². The van der Waals surface area contributed by atoms with Gasteiger partial charge in [-0.2, -0.15) is 18.2 Å². The van der Waals surface area contributed by atoms with E-state index in [1.807, 2.05) is 0 Å². The zero-order valence-electron chi connectivity index (χ0n) is 14.7. The predicted octanol–water partition coefficient (Wildman–Crippen LogP) is 4.79. The summed E-state index contributed by atoms with van der Waals surface area (Å²) in [5.74, 6) is 0.0263. The lowest BCUT2D eigenvalue weighted by molar-refractivity contribution is -0.141. The zero-order chi connectivity index (χ0) is 19.3. The number of nitrogens with zero attached hydrogens (tertiary/aromatic N) is 3. The van der Waals surface area contributed by atoms with Crippen molar-refractivity contribution in [1.29, 1.82) is 0 Å². The van der Waals surface area contributed by atoms with Crippen LogP contribution in [-0.4, -0.2) is 41.0 Å². The van der Waals surface area contributed by atoms with E-state index in [1.54, 1.807) is 24.3 Å². The molecule has 0 atom stereocenters. The number of hydrogen-bond acceptors (Lipinski definition) is 5. The maximum Gasteiger partial charge on any atom is 0.433 e. The van der Waals surface area contributed by atoms with Crippen molar-refractivity contribution in [3.05, 3.63) is 41.0 Å². The summed E-state index contributed by atoms with van der Waals surface area (Å²) < 4.78 is 39.5. The van der Waals surface area contributed by atoms with Gasteiger partial charge in [0, 0.05) is 29.9 Å². The van der Waals surface area contributed by atoms with Gasteiger partial charge >= 0.3 is 6.18 Å². The van der Waals surface area contributed by atoms with Gasteiger partial charge in [0.15, 0.2) is 5.69 Å². The largest absolute Gasteiger partial charge is 0.433 e. The highest BCUT2D eigenvalue weighted by molar-refractivity contribution is 6.30. The number of aromatic nitrogens is 2. The first-order valence-electron chi connectivity index (χ1n) is 8.85. The normalized spacial score (nSPS) is 15.6. The number of anilines is 3. The molecule has 1 fully saturated rings. The summed E-state index contributed by atoms with van der Waals surface area (Å²) in [5.41, 5.74) is -0.403. The molecule has 9 heteroatoms. The van der Waals surface area contributed by atoms with Crippen LogP contribution in [0.15, 0.2) is 30.3 Å². The fourth-order valence-electron chi connectivity index (χ4n) is 2.93. The van der Waals surface area contributed by atoms with Crippen LogP contribution in [0, 0.1) is 0 Å². The molecule has 27 heavy (non-hydrogen) atoms. The fourth-order valence-corrected chi connectivity index (χ4v) is 3.05. The number of halogens is 4. The van der Waals surface area contributed by atoms with E-state index in [4.69, 9.17) is 11.6 Å². The molecule has 5 nitrogen and oxygen atoms in total. The third-order valence-corrected chi connectivity index (χ3v) is 4.55. The van der Waals surface area contributed by atoms with Gasteiger partial charge in [-0.05, 0) is 50.2 Å². The van der Waals surface area contributed by atoms with Gasteiger partial charge in [0.2, 0.25) is 5.95 Å². The topological polar surface area (TPSA) is 53.1 Å². The minimum Gasteiger partial charge on any atom is -0.353 e. The van der Waals surface area contributed by atoms with E-state index in [0.29, 0.717) is 17.3 Å². The Bertz CT molecular complexity index is 746. The first-order chi connectivity index (χ1) is 12.9. The van der Waals surface area contributed by atoms with E-state index >= 15 is 0 Å². The van der Waals surface area contributed by atoms with Crippen LogP contribution in [0.25, 0.3) is 0 Å². The molecule has 0 saturated carbocycles. The molecule has 1 aliphatic heterocycles. The van der Waals surface area contributed by atoms with Gasteiger partial charge < -0.3 is 15.5 Å². The third kappa shape index (κ3) is 5.97. The maximum atomic E-state index is 13.2. The Morgan fingerprint density at radius 3 is 2.41 bits per heavy atom. The molecule has 0 amide bonds. The Morgan fingerprint density at radius 1 is 1.04 bits per heavy atom. The number of hydrogen-bond donors (Lipinski definition) is 2. The number of likely N-dealkylation sites (tertiary alicyclic amines) is 1. The summed E-state index contributed by atoms with van der Waals surface area (Å²) >= 11 is 5.83. The summed E-state index contributed by atoms with van der Waals surface area (Å²) in [4.78, 5) is 10.1. The van der Waals surface area contributed by atoms with Crippen LogP contribution in [0.4, 0.5) is 30.6 Å². The molecule has 146 valence electrons. The first kappa shape index (κ1) is 19.7. The molecule has 0 bridgehead atoms. The lowest BCUT2D eigenvalue weighted by Crippen LogP contribution is -2.34. The second-order valence-electron chi connectivity index (χ2n) is 6.42. The van der Waals surface area contributed by atoms with Crippen LogP contribution in [0.1, 0.15) is 25.0 Å². The van der Waals surface area contributed by atoms with Crippen LogP contribution in [0.2, 0.25) is 5.02 Å². The predicted molar refractivity (Wildman–Crippen MR) is 101 cm³/mol. The third-order valence-electron chi connectivity index (χ3n) is 4.29. The Balaban J connectivity index is 1.70. The number of rotatable bonds is 6. The molecule has 1 aliphatic rings. The van der Waals surface area contributed by atoms with Gasteiger partial charge in [0.05, 0.1) is 0 Å². The molecule has 2 aromatic rings. The summed E-state index contributed by atoms with van der Waals surface area (Å²) in [6.45, 7) is 3.28. The minimum atomic E-state index is -4.55. The Kier molecular flexibility index (Phi) is 6.38. The summed E-state index contributed by atoms with van der Waals surface area (Å²) in [6.07, 6.45) is -0.993. The van der Waals surface area contributed by atoms with Crippen LogP contribution in [-0.2, 0) is 6.18 Å². The minimum absolute atomic E-state index is 0.0432. The van der Waals surface area contributed by atoms with Crippen molar-refractivity contribution in [2.75, 3.05) is 36.8 Å². The van der Waals surface area contributed by atoms with E-state index < -0.39 is 11.9 Å². The number of benzene rings is 1. The van der Waals surface area contributed by atoms with Gasteiger partial charge in [-0.15, -0.1) is 0 Å². The molecule has 0 radical (unpaired) electrons. The van der Waals surface area contributed by atoms with Crippen LogP contribution in [0.5, 0.6) is 0 Å². The van der Waals surface area contributed by atoms with E-state index in [-0.39, 0.29) is 11.8 Å². The van der Waals surface area contributed by atoms with E-state index in [2.05, 4.69) is 25.5 Å². The Labute approximate surface area is 161 Å². The molecule has 2 heterocycles. The lowest BCUT2D eigenvalue weighted by atomic mass is 10.1. The van der Waals surface area contributed by atoms with Crippen LogP contribution < -0.4 is 10.6 Å². The van der Waals surface area contributed by atoms with Gasteiger partial charge in [-0.3, -0.25) is 0 Å².